The second-order valence-electron chi connectivity index (χ2n) is 3.94. The van der Waals surface area contributed by atoms with E-state index in [1.165, 1.54) is 13.4 Å². The van der Waals surface area contributed by atoms with Crippen molar-refractivity contribution in [3.8, 4) is 0 Å². The van der Waals surface area contributed by atoms with Crippen molar-refractivity contribution in [2.45, 2.75) is 0 Å². The molecule has 22 heavy (non-hydrogen) atoms. The van der Waals surface area contributed by atoms with Crippen molar-refractivity contribution in [3.05, 3.63) is 91.0 Å². The summed E-state index contributed by atoms with van der Waals surface area (Å²) in [6.07, 6.45) is 0. The Balaban J connectivity index is 0.000000294. The van der Waals surface area contributed by atoms with Gasteiger partial charge in [-0.15, -0.1) is 0 Å². The van der Waals surface area contributed by atoms with Gasteiger partial charge in [0.05, 0.1) is 0 Å². The SMILES string of the molecule is [In+3].[Se-]c1ccccc1.[Se-]c1ccccc1.[Se-]c1ccccc1. The van der Waals surface area contributed by atoms with Gasteiger partial charge in [0.25, 0.3) is 0 Å². The molecule has 0 saturated heterocycles. The molecule has 0 unspecified atom stereocenters. The third kappa shape index (κ3) is 12.6. The van der Waals surface area contributed by atoms with Gasteiger partial charge < -0.3 is 0 Å². The van der Waals surface area contributed by atoms with Crippen molar-refractivity contribution in [3.63, 3.8) is 0 Å². The number of hydrogen-bond acceptors (Lipinski definition) is 0. The van der Waals surface area contributed by atoms with Crippen molar-refractivity contribution in [2.24, 2.45) is 0 Å². The van der Waals surface area contributed by atoms with Crippen LogP contribution in [0.3, 0.4) is 0 Å². The standard InChI is InChI=1S/3C6H6Se.In/c3*7-6-4-2-1-3-5-6;/h3*1-5,7H;/q;;;+3/p-3. The average molecular weight is 583 g/mol. The monoisotopic (exact) mass is 586 g/mol. The molecule has 0 aliphatic heterocycles. The third-order valence-corrected chi connectivity index (χ3v) is 3.94. The van der Waals surface area contributed by atoms with Crippen molar-refractivity contribution < 1.29 is 0 Å². The Morgan fingerprint density at radius 1 is 0.364 bits per heavy atom. The zero-order valence-corrected chi connectivity index (χ0v) is 20.4. The summed E-state index contributed by atoms with van der Waals surface area (Å²) in [6, 6.07) is 30.2. The van der Waals surface area contributed by atoms with Crippen LogP contribution in [0.15, 0.2) is 91.0 Å². The van der Waals surface area contributed by atoms with E-state index in [1.54, 1.807) is 0 Å². The molecule has 0 N–H and O–H groups in total. The quantitative estimate of drug-likeness (QED) is 0.348. The van der Waals surface area contributed by atoms with Crippen LogP contribution in [0.5, 0.6) is 0 Å². The Hall–Kier alpha value is 0.0886. The topological polar surface area (TPSA) is 0 Å². The second-order valence-corrected chi connectivity index (χ2v) is 6.91. The maximum atomic E-state index is 2.90. The third-order valence-electron chi connectivity index (χ3n) is 2.23. The first-order chi connectivity index (χ1) is 10.2. The van der Waals surface area contributed by atoms with Gasteiger partial charge >= 0.3 is 178 Å². The zero-order chi connectivity index (χ0) is 15.3. The fourth-order valence-electron chi connectivity index (χ4n) is 1.26. The second kappa shape index (κ2) is 14.7. The van der Waals surface area contributed by atoms with Gasteiger partial charge in [-0.2, -0.15) is 0 Å². The van der Waals surface area contributed by atoms with E-state index >= 15 is 0 Å². The van der Waals surface area contributed by atoms with Crippen LogP contribution in [0.25, 0.3) is 0 Å². The molecule has 0 heterocycles. The summed E-state index contributed by atoms with van der Waals surface area (Å²) in [5, 5.41) is 0. The molecule has 0 nitrogen and oxygen atoms in total. The molecule has 0 aromatic heterocycles. The zero-order valence-electron chi connectivity index (χ0n) is 12.0. The van der Waals surface area contributed by atoms with Crippen LogP contribution in [-0.4, -0.2) is 73.9 Å². The summed E-state index contributed by atoms with van der Waals surface area (Å²) in [6.45, 7) is 0. The molecule has 0 bridgehead atoms. The summed E-state index contributed by atoms with van der Waals surface area (Å²) in [5.41, 5.74) is 0. The molecule has 0 fully saturated rings. The fourth-order valence-corrected chi connectivity index (χ4v) is 2.25. The van der Waals surface area contributed by atoms with E-state index in [-0.39, 0.29) is 25.8 Å². The first kappa shape index (κ1) is 22.1. The van der Waals surface area contributed by atoms with Gasteiger partial charge in [0.2, 0.25) is 0 Å². The molecule has 3 aromatic rings. The summed E-state index contributed by atoms with van der Waals surface area (Å²) in [7, 11) is 0. The van der Waals surface area contributed by atoms with E-state index in [0.29, 0.717) is 0 Å². The fraction of sp³-hybridized carbons (Fsp3) is 0. The van der Waals surface area contributed by atoms with Crippen LogP contribution in [0.4, 0.5) is 0 Å². The van der Waals surface area contributed by atoms with E-state index in [2.05, 4.69) is 48.0 Å². The minimum atomic E-state index is 0. The van der Waals surface area contributed by atoms with Gasteiger partial charge in [0.1, 0.15) is 0 Å². The summed E-state index contributed by atoms with van der Waals surface area (Å²) in [5.74, 6) is 0. The molecule has 0 aliphatic rings. The van der Waals surface area contributed by atoms with Gasteiger partial charge in [-0.1, -0.05) is 0 Å². The van der Waals surface area contributed by atoms with Crippen molar-refractivity contribution in [1.29, 1.82) is 0 Å². The van der Waals surface area contributed by atoms with Gasteiger partial charge in [0.15, 0.2) is 0 Å². The first-order valence-electron chi connectivity index (χ1n) is 6.34. The molecule has 108 valence electrons. The summed E-state index contributed by atoms with van der Waals surface area (Å²) < 4.78 is 3.59. The molecule has 0 spiro atoms. The Labute approximate surface area is 176 Å². The van der Waals surface area contributed by atoms with Crippen LogP contribution in [0.1, 0.15) is 0 Å². The Bertz CT molecular complexity index is 497. The summed E-state index contributed by atoms with van der Waals surface area (Å²) in [4.78, 5) is 0. The van der Waals surface area contributed by atoms with Crippen molar-refractivity contribution in [1.82, 2.24) is 0 Å². The van der Waals surface area contributed by atoms with E-state index in [0.717, 1.165) is 0 Å². The van der Waals surface area contributed by atoms with E-state index < -0.39 is 0 Å². The molecular formula is C18H15InSe3. The number of hydrogen-bond donors (Lipinski definition) is 0. The van der Waals surface area contributed by atoms with Crippen LogP contribution in [-0.2, 0) is 0 Å². The van der Waals surface area contributed by atoms with Gasteiger partial charge in [-0.25, -0.2) is 0 Å². The molecule has 0 amide bonds. The predicted octanol–water partition coefficient (Wildman–Crippen LogP) is 1.06. The Morgan fingerprint density at radius 3 is 0.636 bits per heavy atom. The Morgan fingerprint density at radius 2 is 0.545 bits per heavy atom. The molecule has 0 saturated carbocycles. The van der Waals surface area contributed by atoms with Crippen molar-refractivity contribution in [2.75, 3.05) is 0 Å². The van der Waals surface area contributed by atoms with Crippen molar-refractivity contribution >= 4 is 87.3 Å². The molecule has 0 radical (unpaired) electrons. The van der Waals surface area contributed by atoms with E-state index in [9.17, 15) is 0 Å². The normalized spacial score (nSPS) is 8.18. The maximum absolute atomic E-state index is 2.90. The van der Waals surface area contributed by atoms with Crippen LogP contribution in [0.2, 0.25) is 0 Å². The summed E-state index contributed by atoms with van der Waals surface area (Å²) >= 11 is 8.71. The van der Waals surface area contributed by atoms with E-state index in [4.69, 9.17) is 0 Å². The van der Waals surface area contributed by atoms with Crippen LogP contribution in [0, 0.1) is 0 Å². The molecule has 0 aliphatic carbocycles. The molecule has 3 aromatic carbocycles. The van der Waals surface area contributed by atoms with Crippen LogP contribution >= 0.6 is 0 Å². The van der Waals surface area contributed by atoms with Crippen LogP contribution < -0.4 is 13.4 Å². The molecule has 4 heteroatoms. The average Bonchev–Trinajstić information content (AvgIpc) is 2.51. The number of benzene rings is 3. The molecular weight excluding hydrogens is 568 g/mol. The predicted molar refractivity (Wildman–Crippen MR) is 101 cm³/mol. The van der Waals surface area contributed by atoms with Gasteiger partial charge in [0, 0.05) is 0 Å². The minimum absolute atomic E-state index is 0. The molecule has 0 atom stereocenters. The molecule has 3 rings (SSSR count). The van der Waals surface area contributed by atoms with Gasteiger partial charge in [-0.3, -0.25) is 0 Å². The Kier molecular flexibility index (Phi) is 14.7. The van der Waals surface area contributed by atoms with Gasteiger partial charge in [-0.05, 0) is 0 Å². The number of rotatable bonds is 0. The van der Waals surface area contributed by atoms with E-state index in [1.807, 2.05) is 91.0 Å². The first-order valence-corrected chi connectivity index (χ1v) is 8.91.